The predicted octanol–water partition coefficient (Wildman–Crippen LogP) is 2.28. The summed E-state index contributed by atoms with van der Waals surface area (Å²) in [7, 11) is 0. The first-order valence-electron chi connectivity index (χ1n) is 5.22. The van der Waals surface area contributed by atoms with Gasteiger partial charge in [0.1, 0.15) is 5.69 Å². The van der Waals surface area contributed by atoms with E-state index in [-0.39, 0.29) is 5.78 Å². The van der Waals surface area contributed by atoms with Crippen molar-refractivity contribution in [3.8, 4) is 12.3 Å². The molecule has 2 rings (SSSR count). The molecule has 0 saturated heterocycles. The van der Waals surface area contributed by atoms with E-state index >= 15 is 0 Å². The molecule has 0 aliphatic heterocycles. The zero-order chi connectivity index (χ0) is 10.8. The highest BCUT2D eigenvalue weighted by Crippen LogP contribution is 2.22. The number of carbonyl (C=O) groups excluding carboxylic acids is 1. The molecule has 1 aromatic heterocycles. The molecular formula is C13H13NO. The molecule has 76 valence electrons. The van der Waals surface area contributed by atoms with Gasteiger partial charge in [-0.15, -0.1) is 6.42 Å². The molecule has 0 fully saturated rings. The maximum atomic E-state index is 11.8. The molecule has 0 aromatic carbocycles. The van der Waals surface area contributed by atoms with E-state index < -0.39 is 0 Å². The quantitative estimate of drug-likeness (QED) is 0.474. The number of fused-ring (bicyclic) bond motifs is 1. The Morgan fingerprint density at radius 3 is 2.87 bits per heavy atom. The largest absolute Gasteiger partial charge is 0.292 e. The van der Waals surface area contributed by atoms with Crippen molar-refractivity contribution in [3.05, 3.63) is 28.6 Å². The lowest BCUT2D eigenvalue weighted by atomic mass is 10.0. The first-order chi connectivity index (χ1) is 7.22. The molecule has 2 heteroatoms. The highest BCUT2D eigenvalue weighted by molar-refractivity contribution is 5.96. The van der Waals surface area contributed by atoms with Gasteiger partial charge in [0.2, 0.25) is 0 Å². The lowest BCUT2D eigenvalue weighted by Gasteiger charge is -2.07. The van der Waals surface area contributed by atoms with E-state index in [9.17, 15) is 4.79 Å². The van der Waals surface area contributed by atoms with Crippen LogP contribution in [0, 0.1) is 19.3 Å². The second kappa shape index (κ2) is 3.86. The Morgan fingerprint density at radius 2 is 2.13 bits per heavy atom. The molecular weight excluding hydrogens is 186 g/mol. The van der Waals surface area contributed by atoms with Gasteiger partial charge in [-0.2, -0.15) is 0 Å². The summed E-state index contributed by atoms with van der Waals surface area (Å²) in [5.74, 6) is 2.79. The van der Waals surface area contributed by atoms with Crippen LogP contribution in [-0.4, -0.2) is 10.8 Å². The Morgan fingerprint density at radius 1 is 1.40 bits per heavy atom. The van der Waals surface area contributed by atoms with E-state index in [0.29, 0.717) is 12.1 Å². The zero-order valence-corrected chi connectivity index (χ0v) is 8.84. The van der Waals surface area contributed by atoms with Crippen LogP contribution in [0.4, 0.5) is 0 Å². The molecule has 15 heavy (non-hydrogen) atoms. The molecule has 1 aliphatic carbocycles. The second-order valence-corrected chi connectivity index (χ2v) is 3.91. The van der Waals surface area contributed by atoms with Gasteiger partial charge in [-0.05, 0) is 37.8 Å². The minimum Gasteiger partial charge on any atom is -0.292 e. The average Bonchev–Trinajstić information content (AvgIpc) is 2.40. The van der Waals surface area contributed by atoms with Crippen LogP contribution in [0.25, 0.3) is 0 Å². The minimum atomic E-state index is 0.141. The Bertz CT molecular complexity index is 454. The fraction of sp³-hybridized carbons (Fsp3) is 0.385. The van der Waals surface area contributed by atoms with Crippen LogP contribution in [0.1, 0.15) is 46.6 Å². The van der Waals surface area contributed by atoms with Crippen molar-refractivity contribution < 1.29 is 4.79 Å². The Balaban J connectivity index is 2.64. The van der Waals surface area contributed by atoms with Gasteiger partial charge in [0, 0.05) is 17.7 Å². The number of hydrogen-bond donors (Lipinski definition) is 0. The van der Waals surface area contributed by atoms with Gasteiger partial charge in [-0.3, -0.25) is 4.79 Å². The third-order valence-corrected chi connectivity index (χ3v) is 2.75. The van der Waals surface area contributed by atoms with Crippen molar-refractivity contribution >= 4 is 5.78 Å². The van der Waals surface area contributed by atoms with Crippen LogP contribution in [0.3, 0.4) is 0 Å². The van der Waals surface area contributed by atoms with Crippen molar-refractivity contribution in [1.82, 2.24) is 4.98 Å². The van der Waals surface area contributed by atoms with Gasteiger partial charge in [-0.1, -0.05) is 5.92 Å². The van der Waals surface area contributed by atoms with Crippen LogP contribution in [0.15, 0.2) is 6.07 Å². The van der Waals surface area contributed by atoms with E-state index in [2.05, 4.69) is 10.9 Å². The van der Waals surface area contributed by atoms with Crippen LogP contribution in [-0.2, 0) is 6.42 Å². The summed E-state index contributed by atoms with van der Waals surface area (Å²) in [5.41, 5.74) is 3.26. The zero-order valence-electron chi connectivity index (χ0n) is 8.84. The fourth-order valence-electron chi connectivity index (χ4n) is 2.02. The number of aryl methyl sites for hydroxylation is 1. The highest BCUT2D eigenvalue weighted by Gasteiger charge is 2.19. The van der Waals surface area contributed by atoms with Crippen LogP contribution in [0.2, 0.25) is 0 Å². The number of rotatable bonds is 0. The van der Waals surface area contributed by atoms with Crippen molar-refractivity contribution in [3.63, 3.8) is 0 Å². The Kier molecular flexibility index (Phi) is 2.55. The first kappa shape index (κ1) is 9.92. The molecule has 0 radical (unpaired) electrons. The molecule has 0 saturated carbocycles. The lowest BCUT2D eigenvalue weighted by molar-refractivity contribution is 0.0977. The smallest absolute Gasteiger partial charge is 0.181 e. The minimum absolute atomic E-state index is 0.141. The number of ketones is 1. The third-order valence-electron chi connectivity index (χ3n) is 2.75. The first-order valence-corrected chi connectivity index (χ1v) is 5.22. The Hall–Kier alpha value is -1.62. The molecule has 0 atom stereocenters. The molecule has 0 unspecified atom stereocenters. The van der Waals surface area contributed by atoms with E-state index in [1.54, 1.807) is 0 Å². The summed E-state index contributed by atoms with van der Waals surface area (Å²) < 4.78 is 0. The number of carbonyl (C=O) groups is 1. The molecule has 2 nitrogen and oxygen atoms in total. The standard InChI is InChI=1S/C13H13NO/c1-3-10-8-9(2)14-13-11(10)6-4-5-7-12(13)15/h1,8H,4-7H2,2H3. The number of aromatic nitrogens is 1. The van der Waals surface area contributed by atoms with Gasteiger partial charge in [0.15, 0.2) is 5.78 Å². The summed E-state index contributed by atoms with van der Waals surface area (Å²) in [6, 6.07) is 1.89. The van der Waals surface area contributed by atoms with Crippen LogP contribution < -0.4 is 0 Å². The van der Waals surface area contributed by atoms with Crippen molar-refractivity contribution in [2.24, 2.45) is 0 Å². The Labute approximate surface area is 89.7 Å². The second-order valence-electron chi connectivity index (χ2n) is 3.91. The number of nitrogens with zero attached hydrogens (tertiary/aromatic N) is 1. The molecule has 0 bridgehead atoms. The van der Waals surface area contributed by atoms with Gasteiger partial charge >= 0.3 is 0 Å². The monoisotopic (exact) mass is 199 g/mol. The number of hydrogen-bond acceptors (Lipinski definition) is 2. The molecule has 1 heterocycles. The molecule has 0 amide bonds. The summed E-state index contributed by atoms with van der Waals surface area (Å²) >= 11 is 0. The van der Waals surface area contributed by atoms with Crippen LogP contribution >= 0.6 is 0 Å². The summed E-state index contributed by atoms with van der Waals surface area (Å²) in [6.07, 6.45) is 8.91. The number of terminal acetylenes is 1. The van der Waals surface area contributed by atoms with Crippen molar-refractivity contribution in [1.29, 1.82) is 0 Å². The topological polar surface area (TPSA) is 30.0 Å². The average molecular weight is 199 g/mol. The maximum Gasteiger partial charge on any atom is 0.181 e. The molecule has 1 aromatic rings. The number of pyridine rings is 1. The number of Topliss-reactive ketones (excluding diaryl/α,β-unsaturated/α-hetero) is 1. The lowest BCUT2D eigenvalue weighted by Crippen LogP contribution is -2.07. The van der Waals surface area contributed by atoms with Crippen molar-refractivity contribution in [2.45, 2.75) is 32.6 Å². The normalized spacial score (nSPS) is 15.3. The van der Waals surface area contributed by atoms with E-state index in [1.807, 2.05) is 13.0 Å². The van der Waals surface area contributed by atoms with Gasteiger partial charge < -0.3 is 0 Å². The SMILES string of the molecule is C#Cc1cc(C)nc2c1CCCCC2=O. The fourth-order valence-corrected chi connectivity index (χ4v) is 2.02. The van der Waals surface area contributed by atoms with Gasteiger partial charge in [0.05, 0.1) is 0 Å². The predicted molar refractivity (Wildman–Crippen MR) is 58.8 cm³/mol. The van der Waals surface area contributed by atoms with E-state index in [1.165, 1.54) is 0 Å². The third kappa shape index (κ3) is 1.78. The summed E-state index contributed by atoms with van der Waals surface area (Å²) in [6.45, 7) is 1.87. The maximum absolute atomic E-state index is 11.8. The van der Waals surface area contributed by atoms with E-state index in [0.717, 1.165) is 36.1 Å². The van der Waals surface area contributed by atoms with E-state index in [4.69, 9.17) is 6.42 Å². The summed E-state index contributed by atoms with van der Waals surface area (Å²) in [4.78, 5) is 16.1. The van der Waals surface area contributed by atoms with Gasteiger partial charge in [0.25, 0.3) is 0 Å². The highest BCUT2D eigenvalue weighted by atomic mass is 16.1. The van der Waals surface area contributed by atoms with Crippen LogP contribution in [0.5, 0.6) is 0 Å². The molecule has 1 aliphatic rings. The molecule has 0 N–H and O–H groups in total. The summed E-state index contributed by atoms with van der Waals surface area (Å²) in [5, 5.41) is 0. The van der Waals surface area contributed by atoms with Crippen molar-refractivity contribution in [2.75, 3.05) is 0 Å². The molecule has 0 spiro atoms. The van der Waals surface area contributed by atoms with Gasteiger partial charge in [-0.25, -0.2) is 4.98 Å².